The first-order chi connectivity index (χ1) is 13.2. The van der Waals surface area contributed by atoms with E-state index in [1.807, 2.05) is 30.3 Å². The van der Waals surface area contributed by atoms with Crippen molar-refractivity contribution in [1.82, 2.24) is 14.9 Å². The van der Waals surface area contributed by atoms with E-state index in [1.54, 1.807) is 29.4 Å². The van der Waals surface area contributed by atoms with Crippen molar-refractivity contribution in [2.75, 3.05) is 13.2 Å². The number of carbonyl (C=O) groups is 1. The van der Waals surface area contributed by atoms with Crippen LogP contribution in [0.2, 0.25) is 0 Å². The lowest BCUT2D eigenvalue weighted by Gasteiger charge is -2.25. The number of pyridine rings is 2. The van der Waals surface area contributed by atoms with Crippen molar-refractivity contribution < 1.29 is 9.53 Å². The Morgan fingerprint density at radius 1 is 1.26 bits per heavy atom. The number of rotatable bonds is 5. The van der Waals surface area contributed by atoms with Crippen LogP contribution in [0, 0.1) is 0 Å². The topological polar surface area (TPSA) is 75.3 Å². The third kappa shape index (κ3) is 3.90. The summed E-state index contributed by atoms with van der Waals surface area (Å²) in [6.07, 6.45) is 5.42. The molecule has 1 unspecified atom stereocenters. The number of benzene rings is 1. The zero-order valence-electron chi connectivity index (χ0n) is 14.9. The zero-order valence-corrected chi connectivity index (χ0v) is 14.9. The number of nitrogens with zero attached hydrogens (tertiary/aromatic N) is 2. The standard InChI is InChI=1S/C21H21N3O3/c25-20-18-8-2-1-6-16(18)11-19(23-20)21(26)24(14-17-7-4-10-27-17)13-15-5-3-9-22-12-15/h1-3,5-6,8-9,11-12,17H,4,7,10,13-14H2,(H,23,25). The Labute approximate surface area is 156 Å². The van der Waals surface area contributed by atoms with Crippen LogP contribution in [0.25, 0.3) is 10.8 Å². The summed E-state index contributed by atoms with van der Waals surface area (Å²) in [6.45, 7) is 1.64. The number of amides is 1. The van der Waals surface area contributed by atoms with Crippen molar-refractivity contribution >= 4 is 16.7 Å². The minimum absolute atomic E-state index is 0.0257. The van der Waals surface area contributed by atoms with Crippen LogP contribution in [0.15, 0.2) is 59.7 Å². The average Bonchev–Trinajstić information content (AvgIpc) is 3.21. The SMILES string of the molecule is O=C(c1cc2ccccc2c(=O)[nH]1)N(Cc1cccnc1)CC1CCCO1. The van der Waals surface area contributed by atoms with Gasteiger partial charge < -0.3 is 14.6 Å². The number of ether oxygens (including phenoxy) is 1. The zero-order chi connectivity index (χ0) is 18.6. The summed E-state index contributed by atoms with van der Waals surface area (Å²) in [4.78, 5) is 34.2. The quantitative estimate of drug-likeness (QED) is 0.756. The molecule has 2 aromatic heterocycles. The third-order valence-corrected chi connectivity index (χ3v) is 4.82. The van der Waals surface area contributed by atoms with Gasteiger partial charge in [0.05, 0.1) is 6.10 Å². The summed E-state index contributed by atoms with van der Waals surface area (Å²) in [7, 11) is 0. The summed E-state index contributed by atoms with van der Waals surface area (Å²) in [5, 5.41) is 1.33. The van der Waals surface area contributed by atoms with Crippen molar-refractivity contribution in [3.05, 3.63) is 76.5 Å². The molecule has 1 aromatic carbocycles. The van der Waals surface area contributed by atoms with Crippen LogP contribution in [0.4, 0.5) is 0 Å². The van der Waals surface area contributed by atoms with E-state index in [-0.39, 0.29) is 17.6 Å². The van der Waals surface area contributed by atoms with E-state index < -0.39 is 0 Å². The maximum absolute atomic E-state index is 13.2. The maximum Gasteiger partial charge on any atom is 0.270 e. The molecule has 1 saturated heterocycles. The van der Waals surface area contributed by atoms with Crippen molar-refractivity contribution in [2.45, 2.75) is 25.5 Å². The molecule has 4 rings (SSSR count). The monoisotopic (exact) mass is 363 g/mol. The molecule has 6 heteroatoms. The third-order valence-electron chi connectivity index (χ3n) is 4.82. The fourth-order valence-corrected chi connectivity index (χ4v) is 3.46. The molecule has 3 heterocycles. The van der Waals surface area contributed by atoms with Crippen LogP contribution in [0.1, 0.15) is 28.9 Å². The van der Waals surface area contributed by atoms with Crippen LogP contribution in [0.3, 0.4) is 0 Å². The Balaban J connectivity index is 1.65. The van der Waals surface area contributed by atoms with Crippen molar-refractivity contribution in [3.63, 3.8) is 0 Å². The number of fused-ring (bicyclic) bond motifs is 1. The molecule has 1 atom stereocenters. The predicted molar refractivity (Wildman–Crippen MR) is 103 cm³/mol. The summed E-state index contributed by atoms with van der Waals surface area (Å²) in [5.74, 6) is -0.211. The van der Waals surface area contributed by atoms with Gasteiger partial charge in [0.1, 0.15) is 5.69 Å². The van der Waals surface area contributed by atoms with E-state index in [1.165, 1.54) is 0 Å². The molecule has 138 valence electrons. The molecule has 1 aliphatic heterocycles. The number of nitrogens with one attached hydrogen (secondary N) is 1. The van der Waals surface area contributed by atoms with Crippen LogP contribution in [-0.2, 0) is 11.3 Å². The van der Waals surface area contributed by atoms with Gasteiger partial charge in [0.25, 0.3) is 11.5 Å². The van der Waals surface area contributed by atoms with Gasteiger partial charge in [0, 0.05) is 37.5 Å². The number of aromatic amines is 1. The van der Waals surface area contributed by atoms with E-state index >= 15 is 0 Å². The molecule has 0 spiro atoms. The number of hydrogen-bond donors (Lipinski definition) is 1. The molecule has 3 aromatic rings. The van der Waals surface area contributed by atoms with E-state index in [4.69, 9.17) is 4.74 Å². The molecule has 0 saturated carbocycles. The van der Waals surface area contributed by atoms with Crippen LogP contribution in [0.5, 0.6) is 0 Å². The van der Waals surface area contributed by atoms with Gasteiger partial charge in [0.15, 0.2) is 0 Å². The molecule has 1 amide bonds. The fraction of sp³-hybridized carbons (Fsp3) is 0.286. The highest BCUT2D eigenvalue weighted by Crippen LogP contribution is 2.18. The predicted octanol–water partition coefficient (Wildman–Crippen LogP) is 2.74. The number of H-pyrrole nitrogens is 1. The molecule has 0 bridgehead atoms. The second kappa shape index (κ2) is 7.72. The number of carbonyl (C=O) groups excluding carboxylic acids is 1. The summed E-state index contributed by atoms with van der Waals surface area (Å²) in [6, 6.07) is 12.8. The average molecular weight is 363 g/mol. The lowest BCUT2D eigenvalue weighted by molar-refractivity contribution is 0.0502. The minimum atomic E-state index is -0.255. The molecule has 1 fully saturated rings. The van der Waals surface area contributed by atoms with Crippen molar-refractivity contribution in [3.8, 4) is 0 Å². The van der Waals surface area contributed by atoms with Gasteiger partial charge in [0.2, 0.25) is 0 Å². The second-order valence-electron chi connectivity index (χ2n) is 6.78. The molecule has 6 nitrogen and oxygen atoms in total. The molecule has 1 N–H and O–H groups in total. The molecule has 1 aliphatic rings. The Kier molecular flexibility index (Phi) is 4.98. The molecule has 0 radical (unpaired) electrons. The van der Waals surface area contributed by atoms with Crippen molar-refractivity contribution in [1.29, 1.82) is 0 Å². The highest BCUT2D eigenvalue weighted by atomic mass is 16.5. The van der Waals surface area contributed by atoms with Gasteiger partial charge >= 0.3 is 0 Å². The Morgan fingerprint density at radius 3 is 2.93 bits per heavy atom. The largest absolute Gasteiger partial charge is 0.376 e. The highest BCUT2D eigenvalue weighted by molar-refractivity contribution is 5.96. The van der Waals surface area contributed by atoms with Crippen molar-refractivity contribution in [2.24, 2.45) is 0 Å². The first-order valence-corrected chi connectivity index (χ1v) is 9.12. The fourth-order valence-electron chi connectivity index (χ4n) is 3.46. The second-order valence-corrected chi connectivity index (χ2v) is 6.78. The molecule has 27 heavy (non-hydrogen) atoms. The summed E-state index contributed by atoms with van der Waals surface area (Å²) < 4.78 is 5.72. The maximum atomic E-state index is 13.2. The Bertz CT molecular complexity index is 994. The Morgan fingerprint density at radius 2 is 2.15 bits per heavy atom. The minimum Gasteiger partial charge on any atom is -0.376 e. The normalized spacial score (nSPS) is 16.5. The lowest BCUT2D eigenvalue weighted by Crippen LogP contribution is -2.38. The van der Waals surface area contributed by atoms with Crippen LogP contribution in [-0.4, -0.2) is 40.0 Å². The smallest absolute Gasteiger partial charge is 0.270 e. The van der Waals surface area contributed by atoms with Crippen LogP contribution < -0.4 is 5.56 Å². The van der Waals surface area contributed by atoms with E-state index in [9.17, 15) is 9.59 Å². The molecule has 0 aliphatic carbocycles. The first-order valence-electron chi connectivity index (χ1n) is 9.12. The summed E-state index contributed by atoms with van der Waals surface area (Å²) >= 11 is 0. The van der Waals surface area contributed by atoms with E-state index in [0.717, 1.165) is 30.4 Å². The summed E-state index contributed by atoms with van der Waals surface area (Å²) in [5.41, 5.74) is 0.975. The van der Waals surface area contributed by atoms with Crippen LogP contribution >= 0.6 is 0 Å². The van der Waals surface area contributed by atoms with E-state index in [0.29, 0.717) is 24.2 Å². The first kappa shape index (κ1) is 17.4. The number of hydrogen-bond acceptors (Lipinski definition) is 4. The molecular formula is C21H21N3O3. The van der Waals surface area contributed by atoms with Gasteiger partial charge in [-0.2, -0.15) is 0 Å². The highest BCUT2D eigenvalue weighted by Gasteiger charge is 2.24. The Hall–Kier alpha value is -2.99. The van der Waals surface area contributed by atoms with Gasteiger partial charge in [-0.15, -0.1) is 0 Å². The molecular weight excluding hydrogens is 342 g/mol. The van der Waals surface area contributed by atoms with Gasteiger partial charge in [-0.3, -0.25) is 14.6 Å². The lowest BCUT2D eigenvalue weighted by atomic mass is 10.1. The van der Waals surface area contributed by atoms with Gasteiger partial charge in [-0.05, 0) is 42.0 Å². The van der Waals surface area contributed by atoms with Gasteiger partial charge in [-0.25, -0.2) is 0 Å². The number of aromatic nitrogens is 2. The van der Waals surface area contributed by atoms with E-state index in [2.05, 4.69) is 9.97 Å². The van der Waals surface area contributed by atoms with Gasteiger partial charge in [-0.1, -0.05) is 24.3 Å².